The van der Waals surface area contributed by atoms with Crippen LogP contribution in [0.1, 0.15) is 58.9 Å². The van der Waals surface area contributed by atoms with Crippen LogP contribution in [-0.4, -0.2) is 14.2 Å². The molecule has 0 aromatic heterocycles. The molecule has 1 unspecified atom stereocenters. The minimum Gasteiger partial charge on any atom is -0.493 e. The highest BCUT2D eigenvalue weighted by Crippen LogP contribution is 2.35. The highest BCUT2D eigenvalue weighted by molar-refractivity contribution is 5.44. The summed E-state index contributed by atoms with van der Waals surface area (Å²) >= 11 is 0. The number of rotatable bonds is 6. The van der Waals surface area contributed by atoms with Gasteiger partial charge in [-0.25, -0.2) is 0 Å². The number of hydrogen-bond acceptors (Lipinski definition) is 2. The molecule has 1 atom stereocenters. The fourth-order valence-corrected chi connectivity index (χ4v) is 2.28. The smallest absolute Gasteiger partial charge is 0.160 e. The lowest BCUT2D eigenvalue weighted by Gasteiger charge is -2.22. The first kappa shape index (κ1) is 17.8. The number of methoxy groups -OCH3 is 2. The summed E-state index contributed by atoms with van der Waals surface area (Å²) in [6.07, 6.45) is 2.42. The summed E-state index contributed by atoms with van der Waals surface area (Å²) in [6, 6.07) is 6.26. The van der Waals surface area contributed by atoms with Crippen LogP contribution >= 0.6 is 0 Å². The Morgan fingerprint density at radius 2 is 1.58 bits per heavy atom. The second-order valence-corrected chi connectivity index (χ2v) is 4.75. The Labute approximate surface area is 119 Å². The van der Waals surface area contributed by atoms with Crippen LogP contribution in [0, 0.1) is 5.92 Å². The molecule has 1 aromatic rings. The van der Waals surface area contributed by atoms with Gasteiger partial charge in [-0.05, 0) is 36.0 Å². The van der Waals surface area contributed by atoms with E-state index in [0.717, 1.165) is 11.5 Å². The number of hydrogen-bond donors (Lipinski definition) is 0. The zero-order valence-corrected chi connectivity index (χ0v) is 13.6. The molecule has 0 heterocycles. The van der Waals surface area contributed by atoms with Crippen LogP contribution in [0.25, 0.3) is 0 Å². The van der Waals surface area contributed by atoms with Crippen molar-refractivity contribution in [2.75, 3.05) is 14.2 Å². The Kier molecular flexibility index (Phi) is 9.11. The predicted octanol–water partition coefficient (Wildman–Crippen LogP) is 5.27. The normalized spacial score (nSPS) is 11.6. The fraction of sp³-hybridized carbons (Fsp3) is 0.647. The first-order valence-electron chi connectivity index (χ1n) is 7.35. The van der Waals surface area contributed by atoms with E-state index < -0.39 is 0 Å². The highest BCUT2D eigenvalue weighted by Gasteiger charge is 2.16. The zero-order valence-electron chi connectivity index (χ0n) is 13.6. The monoisotopic (exact) mass is 266 g/mol. The molecule has 0 fully saturated rings. The maximum Gasteiger partial charge on any atom is 0.160 e. The summed E-state index contributed by atoms with van der Waals surface area (Å²) in [5.74, 6) is 2.87. The Balaban J connectivity index is 0.00000154. The van der Waals surface area contributed by atoms with E-state index in [0.29, 0.717) is 11.8 Å². The van der Waals surface area contributed by atoms with Gasteiger partial charge >= 0.3 is 0 Å². The van der Waals surface area contributed by atoms with Crippen LogP contribution in [0.15, 0.2) is 18.2 Å². The Morgan fingerprint density at radius 1 is 1.00 bits per heavy atom. The minimum atomic E-state index is 0.597. The molecular formula is C17H30O2. The van der Waals surface area contributed by atoms with Crippen LogP contribution in [-0.2, 0) is 0 Å². The van der Waals surface area contributed by atoms with Gasteiger partial charge in [0.05, 0.1) is 14.2 Å². The lowest BCUT2D eigenvalue weighted by atomic mass is 9.85. The van der Waals surface area contributed by atoms with E-state index in [1.807, 2.05) is 19.9 Å². The molecule has 1 rings (SSSR count). The molecule has 0 amide bonds. The molecule has 0 bridgehead atoms. The van der Waals surface area contributed by atoms with Crippen molar-refractivity contribution in [2.24, 2.45) is 5.92 Å². The molecule has 2 nitrogen and oxygen atoms in total. The van der Waals surface area contributed by atoms with Gasteiger partial charge in [-0.3, -0.25) is 0 Å². The van der Waals surface area contributed by atoms with Crippen LogP contribution in [0.3, 0.4) is 0 Å². The number of ether oxygens (including phenoxy) is 2. The molecule has 0 saturated heterocycles. The molecule has 0 saturated carbocycles. The van der Waals surface area contributed by atoms with E-state index in [1.165, 1.54) is 18.4 Å². The van der Waals surface area contributed by atoms with Crippen molar-refractivity contribution >= 4 is 0 Å². The zero-order chi connectivity index (χ0) is 14.8. The topological polar surface area (TPSA) is 18.5 Å². The molecule has 110 valence electrons. The molecule has 0 aliphatic rings. The summed E-state index contributed by atoms with van der Waals surface area (Å²) in [5.41, 5.74) is 1.35. The maximum absolute atomic E-state index is 5.36. The average molecular weight is 266 g/mol. The van der Waals surface area contributed by atoms with Gasteiger partial charge in [0.25, 0.3) is 0 Å². The van der Waals surface area contributed by atoms with Gasteiger partial charge in [0, 0.05) is 0 Å². The van der Waals surface area contributed by atoms with Gasteiger partial charge < -0.3 is 9.47 Å². The van der Waals surface area contributed by atoms with Crippen LogP contribution < -0.4 is 9.47 Å². The molecular weight excluding hydrogens is 236 g/mol. The van der Waals surface area contributed by atoms with E-state index in [2.05, 4.69) is 32.9 Å². The van der Waals surface area contributed by atoms with E-state index in [4.69, 9.17) is 9.47 Å². The molecule has 0 spiro atoms. The standard InChI is InChI=1S/C15H24O2.C2H6/c1-6-7-13(11(2)3)12-8-9-14(16-4)15(10-12)17-5;1-2/h8-11,13H,6-7H2,1-5H3;1-2H3. The quantitative estimate of drug-likeness (QED) is 0.698. The minimum absolute atomic E-state index is 0.597. The Hall–Kier alpha value is -1.18. The second-order valence-electron chi connectivity index (χ2n) is 4.75. The van der Waals surface area contributed by atoms with E-state index in [9.17, 15) is 0 Å². The highest BCUT2D eigenvalue weighted by atomic mass is 16.5. The summed E-state index contributed by atoms with van der Waals surface area (Å²) in [5, 5.41) is 0. The molecule has 0 aliphatic carbocycles. The van der Waals surface area contributed by atoms with Crippen LogP contribution in [0.5, 0.6) is 11.5 Å². The van der Waals surface area contributed by atoms with Crippen molar-refractivity contribution in [1.29, 1.82) is 0 Å². The van der Waals surface area contributed by atoms with Gasteiger partial charge in [-0.1, -0.05) is 47.1 Å². The first-order valence-corrected chi connectivity index (χ1v) is 7.35. The van der Waals surface area contributed by atoms with Crippen molar-refractivity contribution in [3.05, 3.63) is 23.8 Å². The van der Waals surface area contributed by atoms with Crippen molar-refractivity contribution < 1.29 is 9.47 Å². The summed E-state index contributed by atoms with van der Waals surface area (Å²) in [7, 11) is 3.36. The number of benzene rings is 1. The molecule has 1 aromatic carbocycles. The molecule has 2 heteroatoms. The average Bonchev–Trinajstić information content (AvgIpc) is 2.45. The summed E-state index contributed by atoms with van der Waals surface area (Å²) in [4.78, 5) is 0. The maximum atomic E-state index is 5.36. The summed E-state index contributed by atoms with van der Waals surface area (Å²) < 4.78 is 10.6. The van der Waals surface area contributed by atoms with E-state index >= 15 is 0 Å². The molecule has 0 aliphatic heterocycles. The van der Waals surface area contributed by atoms with Crippen molar-refractivity contribution in [2.45, 2.75) is 53.4 Å². The lowest BCUT2D eigenvalue weighted by Crippen LogP contribution is -2.07. The van der Waals surface area contributed by atoms with Crippen molar-refractivity contribution in [1.82, 2.24) is 0 Å². The van der Waals surface area contributed by atoms with Gasteiger partial charge in [0.1, 0.15) is 0 Å². The first-order chi connectivity index (χ1) is 9.13. The third kappa shape index (κ3) is 5.14. The summed E-state index contributed by atoms with van der Waals surface area (Å²) in [6.45, 7) is 10.8. The lowest BCUT2D eigenvalue weighted by molar-refractivity contribution is 0.353. The SMILES string of the molecule is CC.CCCC(c1ccc(OC)c(OC)c1)C(C)C. The Bertz CT molecular complexity index is 345. The second kappa shape index (κ2) is 9.71. The van der Waals surface area contributed by atoms with Crippen molar-refractivity contribution in [3.8, 4) is 11.5 Å². The molecule has 0 radical (unpaired) electrons. The fourth-order valence-electron chi connectivity index (χ4n) is 2.28. The van der Waals surface area contributed by atoms with Crippen LogP contribution in [0.4, 0.5) is 0 Å². The third-order valence-corrected chi connectivity index (χ3v) is 3.24. The van der Waals surface area contributed by atoms with Gasteiger partial charge in [-0.15, -0.1) is 0 Å². The van der Waals surface area contributed by atoms with Gasteiger partial charge in [0.15, 0.2) is 11.5 Å². The largest absolute Gasteiger partial charge is 0.493 e. The third-order valence-electron chi connectivity index (χ3n) is 3.24. The van der Waals surface area contributed by atoms with Gasteiger partial charge in [-0.2, -0.15) is 0 Å². The van der Waals surface area contributed by atoms with E-state index in [1.54, 1.807) is 14.2 Å². The van der Waals surface area contributed by atoms with Crippen LogP contribution in [0.2, 0.25) is 0 Å². The van der Waals surface area contributed by atoms with Crippen molar-refractivity contribution in [3.63, 3.8) is 0 Å². The van der Waals surface area contributed by atoms with Gasteiger partial charge in [0.2, 0.25) is 0 Å². The predicted molar refractivity (Wildman–Crippen MR) is 83.4 cm³/mol. The Morgan fingerprint density at radius 3 is 2.00 bits per heavy atom. The van der Waals surface area contributed by atoms with E-state index in [-0.39, 0.29) is 0 Å². The molecule has 0 N–H and O–H groups in total. The molecule has 19 heavy (non-hydrogen) atoms.